The van der Waals surface area contributed by atoms with Crippen LogP contribution >= 0.6 is 11.3 Å². The highest BCUT2D eigenvalue weighted by molar-refractivity contribution is 7.17. The summed E-state index contributed by atoms with van der Waals surface area (Å²) in [5, 5.41) is 13.7. The highest BCUT2D eigenvalue weighted by Gasteiger charge is 2.31. The molecular weight excluding hydrogens is 268 g/mol. The number of nitriles is 1. The fourth-order valence-electron chi connectivity index (χ4n) is 2.36. The number of rotatable bonds is 4. The SMILES string of the molecule is CC(Nc1sc(C#N)c(N)c1C1CC1)c1ccncc1. The predicted molar refractivity (Wildman–Crippen MR) is 81.7 cm³/mol. The summed E-state index contributed by atoms with van der Waals surface area (Å²) in [5.41, 5.74) is 9.10. The number of anilines is 2. The van der Waals surface area contributed by atoms with Gasteiger partial charge in [-0.15, -0.1) is 11.3 Å². The molecule has 3 N–H and O–H groups in total. The molecule has 3 rings (SSSR count). The maximum absolute atomic E-state index is 9.15. The molecule has 1 atom stereocenters. The molecule has 2 heterocycles. The minimum Gasteiger partial charge on any atom is -0.397 e. The number of nitrogens with one attached hydrogen (secondary N) is 1. The molecule has 20 heavy (non-hydrogen) atoms. The second-order valence-electron chi connectivity index (χ2n) is 5.12. The molecule has 0 spiro atoms. The van der Waals surface area contributed by atoms with Crippen LogP contribution in [-0.4, -0.2) is 4.98 Å². The van der Waals surface area contributed by atoms with E-state index < -0.39 is 0 Å². The molecule has 0 aromatic carbocycles. The number of nitrogens with two attached hydrogens (primary N) is 1. The average molecular weight is 284 g/mol. The Morgan fingerprint density at radius 1 is 1.45 bits per heavy atom. The first kappa shape index (κ1) is 12.9. The van der Waals surface area contributed by atoms with Gasteiger partial charge in [0, 0.05) is 24.0 Å². The minimum atomic E-state index is 0.167. The first-order valence-electron chi connectivity index (χ1n) is 6.69. The van der Waals surface area contributed by atoms with Gasteiger partial charge < -0.3 is 11.1 Å². The fourth-order valence-corrected chi connectivity index (χ4v) is 3.45. The second kappa shape index (κ2) is 5.14. The second-order valence-corrected chi connectivity index (χ2v) is 6.14. The summed E-state index contributed by atoms with van der Waals surface area (Å²) in [5.74, 6) is 0.528. The van der Waals surface area contributed by atoms with E-state index in [2.05, 4.69) is 23.3 Å². The van der Waals surface area contributed by atoms with E-state index in [1.165, 1.54) is 29.7 Å². The van der Waals surface area contributed by atoms with Crippen molar-refractivity contribution in [1.82, 2.24) is 4.98 Å². The monoisotopic (exact) mass is 284 g/mol. The van der Waals surface area contributed by atoms with Gasteiger partial charge in [0.05, 0.1) is 10.7 Å². The third kappa shape index (κ3) is 2.35. The fraction of sp³-hybridized carbons (Fsp3) is 0.333. The number of pyridine rings is 1. The zero-order chi connectivity index (χ0) is 14.1. The molecule has 0 aliphatic heterocycles. The number of nitrogen functional groups attached to an aromatic ring is 1. The summed E-state index contributed by atoms with van der Waals surface area (Å²) in [6.45, 7) is 2.11. The zero-order valence-electron chi connectivity index (χ0n) is 11.3. The van der Waals surface area contributed by atoms with Crippen LogP contribution < -0.4 is 11.1 Å². The van der Waals surface area contributed by atoms with E-state index >= 15 is 0 Å². The molecule has 2 aromatic heterocycles. The highest BCUT2D eigenvalue weighted by Crippen LogP contribution is 2.51. The van der Waals surface area contributed by atoms with Crippen LogP contribution in [-0.2, 0) is 0 Å². The minimum absolute atomic E-state index is 0.167. The molecule has 0 radical (unpaired) electrons. The molecule has 1 saturated carbocycles. The van der Waals surface area contributed by atoms with Crippen molar-refractivity contribution in [2.24, 2.45) is 0 Å². The van der Waals surface area contributed by atoms with Gasteiger partial charge in [0.25, 0.3) is 0 Å². The number of hydrogen-bond donors (Lipinski definition) is 2. The molecule has 102 valence electrons. The van der Waals surface area contributed by atoms with Crippen LogP contribution in [0.5, 0.6) is 0 Å². The zero-order valence-corrected chi connectivity index (χ0v) is 12.1. The summed E-state index contributed by atoms with van der Waals surface area (Å²) in [6, 6.07) is 6.36. The van der Waals surface area contributed by atoms with Crippen LogP contribution in [0.15, 0.2) is 24.5 Å². The Morgan fingerprint density at radius 3 is 2.75 bits per heavy atom. The number of nitrogens with zero attached hydrogens (tertiary/aromatic N) is 2. The van der Waals surface area contributed by atoms with Gasteiger partial charge in [-0.25, -0.2) is 0 Å². The highest BCUT2D eigenvalue weighted by atomic mass is 32.1. The van der Waals surface area contributed by atoms with E-state index in [9.17, 15) is 0 Å². The van der Waals surface area contributed by atoms with Crippen molar-refractivity contribution in [1.29, 1.82) is 5.26 Å². The smallest absolute Gasteiger partial charge is 0.130 e. The lowest BCUT2D eigenvalue weighted by molar-refractivity contribution is 0.881. The van der Waals surface area contributed by atoms with Crippen molar-refractivity contribution in [2.75, 3.05) is 11.1 Å². The third-order valence-corrected chi connectivity index (χ3v) is 4.68. The van der Waals surface area contributed by atoms with E-state index in [4.69, 9.17) is 11.0 Å². The van der Waals surface area contributed by atoms with Crippen molar-refractivity contribution in [3.8, 4) is 6.07 Å². The van der Waals surface area contributed by atoms with Crippen LogP contribution in [0.4, 0.5) is 10.7 Å². The standard InChI is InChI=1S/C15H16N4S/c1-9(10-4-6-18-7-5-10)19-15-13(11-2-3-11)14(17)12(8-16)20-15/h4-7,9,11,19H,2-3,17H2,1H3. The first-order chi connectivity index (χ1) is 9.70. The molecule has 4 nitrogen and oxygen atoms in total. The molecule has 1 aliphatic carbocycles. The van der Waals surface area contributed by atoms with Crippen LogP contribution in [0.25, 0.3) is 0 Å². The molecular formula is C15H16N4S. The van der Waals surface area contributed by atoms with Crippen molar-refractivity contribution >= 4 is 22.0 Å². The van der Waals surface area contributed by atoms with Crippen LogP contribution in [0.2, 0.25) is 0 Å². The summed E-state index contributed by atoms with van der Waals surface area (Å²) in [6.07, 6.45) is 5.92. The number of hydrogen-bond acceptors (Lipinski definition) is 5. The number of aromatic nitrogens is 1. The molecule has 0 bridgehead atoms. The van der Waals surface area contributed by atoms with Gasteiger partial charge in [-0.2, -0.15) is 5.26 Å². The molecule has 0 amide bonds. The molecule has 1 unspecified atom stereocenters. The summed E-state index contributed by atoms with van der Waals surface area (Å²) < 4.78 is 0. The lowest BCUT2D eigenvalue weighted by Crippen LogP contribution is -2.07. The maximum atomic E-state index is 9.15. The van der Waals surface area contributed by atoms with Gasteiger partial charge in [0.2, 0.25) is 0 Å². The summed E-state index contributed by atoms with van der Waals surface area (Å²) in [4.78, 5) is 4.66. The lowest BCUT2D eigenvalue weighted by atomic mass is 10.1. The van der Waals surface area contributed by atoms with E-state index in [-0.39, 0.29) is 6.04 Å². The first-order valence-corrected chi connectivity index (χ1v) is 7.51. The van der Waals surface area contributed by atoms with E-state index in [1.54, 1.807) is 12.4 Å². The van der Waals surface area contributed by atoms with Crippen LogP contribution in [0.1, 0.15) is 47.7 Å². The maximum Gasteiger partial charge on any atom is 0.130 e. The Bertz CT molecular complexity index is 653. The third-order valence-electron chi connectivity index (χ3n) is 3.62. The number of thiophene rings is 1. The van der Waals surface area contributed by atoms with Gasteiger partial charge in [-0.05, 0) is 43.4 Å². The average Bonchev–Trinajstić information content (AvgIpc) is 3.25. The molecule has 2 aromatic rings. The van der Waals surface area contributed by atoms with Gasteiger partial charge in [0.15, 0.2) is 0 Å². The summed E-state index contributed by atoms with van der Waals surface area (Å²) >= 11 is 1.46. The Morgan fingerprint density at radius 2 is 2.15 bits per heavy atom. The normalized spacial score (nSPS) is 15.6. The summed E-state index contributed by atoms with van der Waals surface area (Å²) in [7, 11) is 0. The van der Waals surface area contributed by atoms with Crippen molar-refractivity contribution in [3.63, 3.8) is 0 Å². The lowest BCUT2D eigenvalue weighted by Gasteiger charge is -2.15. The van der Waals surface area contributed by atoms with E-state index in [0.717, 1.165) is 10.6 Å². The molecule has 1 aliphatic rings. The van der Waals surface area contributed by atoms with E-state index in [1.807, 2.05) is 12.1 Å². The largest absolute Gasteiger partial charge is 0.397 e. The van der Waals surface area contributed by atoms with Crippen LogP contribution in [0, 0.1) is 11.3 Å². The van der Waals surface area contributed by atoms with Crippen molar-refractivity contribution in [2.45, 2.75) is 31.7 Å². The Kier molecular flexibility index (Phi) is 3.33. The molecule has 1 fully saturated rings. The Balaban J connectivity index is 1.89. The van der Waals surface area contributed by atoms with E-state index in [0.29, 0.717) is 16.5 Å². The Hall–Kier alpha value is -2.06. The van der Waals surface area contributed by atoms with Gasteiger partial charge in [-0.3, -0.25) is 4.98 Å². The van der Waals surface area contributed by atoms with Gasteiger partial charge in [0.1, 0.15) is 10.9 Å². The van der Waals surface area contributed by atoms with Gasteiger partial charge in [-0.1, -0.05) is 0 Å². The van der Waals surface area contributed by atoms with Crippen molar-refractivity contribution in [3.05, 3.63) is 40.5 Å². The van der Waals surface area contributed by atoms with Crippen LogP contribution in [0.3, 0.4) is 0 Å². The quantitative estimate of drug-likeness (QED) is 0.898. The predicted octanol–water partition coefficient (Wildman–Crippen LogP) is 3.65. The van der Waals surface area contributed by atoms with Gasteiger partial charge >= 0.3 is 0 Å². The van der Waals surface area contributed by atoms with Crippen molar-refractivity contribution < 1.29 is 0 Å². The Labute approximate surface area is 122 Å². The molecule has 5 heteroatoms. The molecule has 0 saturated heterocycles. The topological polar surface area (TPSA) is 74.7 Å².